The summed E-state index contributed by atoms with van der Waals surface area (Å²) in [7, 11) is 0. The minimum absolute atomic E-state index is 0.0118. The number of aliphatic hydroxyl groups is 3. The maximum atomic E-state index is 16.8. The molecule has 3 rings (SSSR count). The van der Waals surface area contributed by atoms with E-state index in [0.717, 1.165) is 0 Å². The highest BCUT2D eigenvalue weighted by Crippen LogP contribution is 2.68. The Labute approximate surface area is 174 Å². The minimum atomic E-state index is -2.31. The fourth-order valence-electron chi connectivity index (χ4n) is 6.67. The van der Waals surface area contributed by atoms with Gasteiger partial charge in [-0.2, -0.15) is 0 Å². The van der Waals surface area contributed by atoms with Crippen LogP contribution >= 0.6 is 11.6 Å². The number of rotatable bonds is 5. The molecule has 0 aromatic carbocycles. The second kappa shape index (κ2) is 7.08. The summed E-state index contributed by atoms with van der Waals surface area (Å²) in [4.78, 5) is 36.9. The molecule has 164 valence electrons. The number of hydrogen-bond donors (Lipinski definition) is 3. The molecule has 0 bridgehead atoms. The molecule has 3 fully saturated rings. The van der Waals surface area contributed by atoms with Crippen LogP contribution in [0.25, 0.3) is 0 Å². The van der Waals surface area contributed by atoms with E-state index in [1.807, 2.05) is 0 Å². The molecule has 6 nitrogen and oxygen atoms in total. The lowest BCUT2D eigenvalue weighted by atomic mass is 9.45. The van der Waals surface area contributed by atoms with E-state index in [4.69, 9.17) is 11.6 Å². The van der Waals surface area contributed by atoms with E-state index in [1.54, 1.807) is 6.92 Å². The van der Waals surface area contributed by atoms with Crippen molar-refractivity contribution >= 4 is 29.0 Å². The van der Waals surface area contributed by atoms with Crippen LogP contribution in [0.5, 0.6) is 0 Å². The average molecular weight is 433 g/mol. The Morgan fingerprint density at radius 2 is 1.83 bits per heavy atom. The van der Waals surface area contributed by atoms with E-state index in [1.165, 1.54) is 13.8 Å². The molecule has 0 heterocycles. The molecule has 8 heteroatoms. The van der Waals surface area contributed by atoms with Crippen molar-refractivity contribution in [2.45, 2.75) is 82.8 Å². The standard InChI is InChI=1S/C21H30ClFO6/c1-11(24)6-7-18(2)14(25)5-4-12-13-8-15(26)21(29,17(28)10-22)19(13,3)9-16(27)20(12,18)23/h12-13,15-16,26-27,29H,4-10H2,1-3H3/t12-,13-,15+,16-,18-,19-,20?,21-/m0/s1. The minimum Gasteiger partial charge on any atom is -0.390 e. The zero-order valence-electron chi connectivity index (χ0n) is 17.1. The Morgan fingerprint density at radius 3 is 2.38 bits per heavy atom. The molecule has 1 unspecified atom stereocenters. The third-order valence-corrected chi connectivity index (χ3v) is 8.69. The molecule has 3 aliphatic rings. The number of Topliss-reactive ketones (excluding diaryl/α,β-unsaturated/α-hetero) is 3. The number of fused-ring (bicyclic) bond motifs is 3. The molecule has 29 heavy (non-hydrogen) atoms. The summed E-state index contributed by atoms with van der Waals surface area (Å²) in [5, 5.41) is 32.8. The molecule has 0 amide bonds. The largest absolute Gasteiger partial charge is 0.390 e. The number of carbonyl (C=O) groups excluding carboxylic acids is 3. The van der Waals surface area contributed by atoms with E-state index >= 15 is 4.39 Å². The SMILES string of the molecule is CC(=O)CC[C@@]1(C)C(=O)CC[C@H]2[C@@H]3C[C@@H](O)[C@](O)(C(=O)CCl)[C@@]3(C)C[C@H](O)C21F. The van der Waals surface area contributed by atoms with E-state index in [0.29, 0.717) is 0 Å². The number of aliphatic hydroxyl groups excluding tert-OH is 2. The Hall–Kier alpha value is -0.890. The molecule has 0 aromatic heterocycles. The van der Waals surface area contributed by atoms with Crippen LogP contribution in [-0.4, -0.2) is 62.0 Å². The Kier molecular flexibility index (Phi) is 5.56. The topological polar surface area (TPSA) is 112 Å². The summed E-state index contributed by atoms with van der Waals surface area (Å²) in [6.45, 7) is 4.43. The average Bonchev–Trinajstić information content (AvgIpc) is 2.85. The molecule has 0 aliphatic heterocycles. The van der Waals surface area contributed by atoms with Gasteiger partial charge in [0.2, 0.25) is 0 Å². The molecule has 0 radical (unpaired) electrons. The van der Waals surface area contributed by atoms with Crippen molar-refractivity contribution in [3.8, 4) is 0 Å². The fourth-order valence-corrected chi connectivity index (χ4v) is 6.87. The summed E-state index contributed by atoms with van der Waals surface area (Å²) >= 11 is 5.68. The summed E-state index contributed by atoms with van der Waals surface area (Å²) in [5.74, 6) is -3.21. The van der Waals surface area contributed by atoms with Gasteiger partial charge in [0, 0.05) is 24.2 Å². The molecular formula is C21H30ClFO6. The van der Waals surface area contributed by atoms with Crippen molar-refractivity contribution in [3.05, 3.63) is 0 Å². The van der Waals surface area contributed by atoms with Gasteiger partial charge in [-0.3, -0.25) is 9.59 Å². The van der Waals surface area contributed by atoms with Crippen molar-refractivity contribution in [2.24, 2.45) is 22.7 Å². The summed E-state index contributed by atoms with van der Waals surface area (Å²) in [6.07, 6.45) is -3.12. The van der Waals surface area contributed by atoms with E-state index in [2.05, 4.69) is 0 Å². The lowest BCUT2D eigenvalue weighted by molar-refractivity contribution is -0.234. The lowest BCUT2D eigenvalue weighted by Crippen LogP contribution is -2.71. The van der Waals surface area contributed by atoms with E-state index in [9.17, 15) is 29.7 Å². The smallest absolute Gasteiger partial charge is 0.182 e. The van der Waals surface area contributed by atoms with Gasteiger partial charge in [-0.05, 0) is 45.4 Å². The van der Waals surface area contributed by atoms with Gasteiger partial charge in [-0.15, -0.1) is 11.6 Å². The first kappa shape index (κ1) is 22.8. The van der Waals surface area contributed by atoms with Crippen molar-refractivity contribution in [3.63, 3.8) is 0 Å². The number of halogens is 2. The third-order valence-electron chi connectivity index (χ3n) is 8.44. The highest BCUT2D eigenvalue weighted by Gasteiger charge is 2.76. The molecule has 0 aromatic rings. The first-order valence-electron chi connectivity index (χ1n) is 10.2. The van der Waals surface area contributed by atoms with Gasteiger partial charge in [0.1, 0.15) is 11.6 Å². The van der Waals surface area contributed by atoms with Gasteiger partial charge in [-0.1, -0.05) is 6.92 Å². The first-order valence-corrected chi connectivity index (χ1v) is 10.7. The lowest BCUT2D eigenvalue weighted by Gasteiger charge is -2.61. The summed E-state index contributed by atoms with van der Waals surface area (Å²) < 4.78 is 16.8. The summed E-state index contributed by atoms with van der Waals surface area (Å²) in [5.41, 5.74) is -7.32. The van der Waals surface area contributed by atoms with Crippen LogP contribution in [0.15, 0.2) is 0 Å². The number of ketones is 3. The van der Waals surface area contributed by atoms with Gasteiger partial charge in [0.15, 0.2) is 17.1 Å². The van der Waals surface area contributed by atoms with Gasteiger partial charge in [-0.25, -0.2) is 4.39 Å². The second-order valence-corrected chi connectivity index (χ2v) is 9.96. The van der Waals surface area contributed by atoms with Crippen LogP contribution in [0.3, 0.4) is 0 Å². The van der Waals surface area contributed by atoms with Crippen LogP contribution in [0.2, 0.25) is 0 Å². The molecule has 0 spiro atoms. The molecule has 3 saturated carbocycles. The van der Waals surface area contributed by atoms with Crippen LogP contribution < -0.4 is 0 Å². The number of alkyl halides is 2. The summed E-state index contributed by atoms with van der Waals surface area (Å²) in [6, 6.07) is 0. The molecule has 8 atom stereocenters. The van der Waals surface area contributed by atoms with Crippen molar-refractivity contribution in [1.29, 1.82) is 0 Å². The van der Waals surface area contributed by atoms with Gasteiger partial charge in [0.05, 0.1) is 23.5 Å². The number of hydrogen-bond acceptors (Lipinski definition) is 6. The van der Waals surface area contributed by atoms with E-state index in [-0.39, 0.29) is 50.1 Å². The fraction of sp³-hybridized carbons (Fsp3) is 0.857. The molecule has 3 aliphatic carbocycles. The predicted octanol–water partition coefficient (Wildman–Crippen LogP) is 1.74. The van der Waals surface area contributed by atoms with Crippen molar-refractivity contribution < 1.29 is 34.1 Å². The second-order valence-electron chi connectivity index (χ2n) is 9.69. The van der Waals surface area contributed by atoms with E-state index < -0.39 is 57.8 Å². The first-order chi connectivity index (χ1) is 13.3. The Balaban J connectivity index is 2.09. The van der Waals surface area contributed by atoms with Crippen LogP contribution in [0.1, 0.15) is 59.3 Å². The maximum absolute atomic E-state index is 16.8. The van der Waals surface area contributed by atoms with Gasteiger partial charge < -0.3 is 20.1 Å². The Morgan fingerprint density at radius 1 is 1.21 bits per heavy atom. The van der Waals surface area contributed by atoms with Crippen LogP contribution in [0.4, 0.5) is 4.39 Å². The normalized spacial score (nSPS) is 49.4. The van der Waals surface area contributed by atoms with Crippen molar-refractivity contribution in [1.82, 2.24) is 0 Å². The zero-order valence-corrected chi connectivity index (χ0v) is 17.8. The van der Waals surface area contributed by atoms with Crippen LogP contribution in [-0.2, 0) is 14.4 Å². The highest BCUT2D eigenvalue weighted by molar-refractivity contribution is 6.29. The third kappa shape index (κ3) is 2.73. The predicted molar refractivity (Wildman–Crippen MR) is 103 cm³/mol. The molecule has 0 saturated heterocycles. The zero-order chi connectivity index (χ0) is 22.0. The monoisotopic (exact) mass is 432 g/mol. The Bertz CT molecular complexity index is 745. The maximum Gasteiger partial charge on any atom is 0.182 e. The molecule has 3 N–H and O–H groups in total. The molecular weight excluding hydrogens is 403 g/mol. The quantitative estimate of drug-likeness (QED) is 0.570. The number of carbonyl (C=O) groups is 3. The van der Waals surface area contributed by atoms with Gasteiger partial charge >= 0.3 is 0 Å². The highest BCUT2D eigenvalue weighted by atomic mass is 35.5. The van der Waals surface area contributed by atoms with Crippen molar-refractivity contribution in [2.75, 3.05) is 5.88 Å². The van der Waals surface area contributed by atoms with Crippen LogP contribution in [0, 0.1) is 22.7 Å². The van der Waals surface area contributed by atoms with Gasteiger partial charge in [0.25, 0.3) is 0 Å².